The van der Waals surface area contributed by atoms with E-state index in [0.717, 1.165) is 0 Å². The molecular weight excluding hydrogens is 337 g/mol. The van der Waals surface area contributed by atoms with Gasteiger partial charge >= 0.3 is 0 Å². The van der Waals surface area contributed by atoms with Gasteiger partial charge in [-0.2, -0.15) is 0 Å². The molecule has 0 radical (unpaired) electrons. The molecule has 0 fully saturated rings. The van der Waals surface area contributed by atoms with E-state index in [9.17, 15) is 9.18 Å². The summed E-state index contributed by atoms with van der Waals surface area (Å²) in [4.78, 5) is 13.9. The van der Waals surface area contributed by atoms with E-state index >= 15 is 0 Å². The van der Waals surface area contributed by atoms with Gasteiger partial charge in [0, 0.05) is 23.4 Å². The van der Waals surface area contributed by atoms with Gasteiger partial charge in [-0.05, 0) is 41.1 Å². The van der Waals surface area contributed by atoms with E-state index in [-0.39, 0.29) is 11.7 Å². The van der Waals surface area contributed by atoms with E-state index in [2.05, 4.69) is 15.9 Å². The Bertz CT molecular complexity index is 431. The summed E-state index contributed by atoms with van der Waals surface area (Å²) in [6, 6.07) is 4.03. The van der Waals surface area contributed by atoms with Crippen molar-refractivity contribution >= 4 is 33.4 Å². The number of ether oxygens (including phenoxy) is 1. The summed E-state index contributed by atoms with van der Waals surface area (Å²) >= 11 is 8.70. The predicted octanol–water partition coefficient (Wildman–Crippen LogP) is 3.31. The van der Waals surface area contributed by atoms with Crippen LogP contribution < -0.4 is 0 Å². The normalized spacial score (nSPS) is 10.5. The van der Waals surface area contributed by atoms with Crippen LogP contribution in [0, 0.1) is 5.82 Å². The summed E-state index contributed by atoms with van der Waals surface area (Å²) < 4.78 is 18.7. The Kier molecular flexibility index (Phi) is 7.34. The molecule has 1 amide bonds. The third kappa shape index (κ3) is 5.09. The van der Waals surface area contributed by atoms with Gasteiger partial charge in [-0.3, -0.25) is 4.79 Å². The first-order valence-corrected chi connectivity index (χ1v) is 7.31. The number of amides is 1. The van der Waals surface area contributed by atoms with Crippen LogP contribution in [0.3, 0.4) is 0 Å². The van der Waals surface area contributed by atoms with Crippen molar-refractivity contribution in [2.75, 3.05) is 32.2 Å². The Morgan fingerprint density at radius 2 is 2.21 bits per heavy atom. The highest BCUT2D eigenvalue weighted by molar-refractivity contribution is 9.10. The molecule has 0 saturated carbocycles. The smallest absolute Gasteiger partial charge is 0.255 e. The van der Waals surface area contributed by atoms with Crippen LogP contribution >= 0.6 is 27.5 Å². The largest absolute Gasteiger partial charge is 0.378 e. The number of carbonyl (C=O) groups excluding carboxylic acids is 1. The molecule has 1 aromatic rings. The minimum Gasteiger partial charge on any atom is -0.378 e. The third-order valence-electron chi connectivity index (χ3n) is 2.56. The van der Waals surface area contributed by atoms with Gasteiger partial charge in [0.25, 0.3) is 5.91 Å². The molecule has 1 rings (SSSR count). The van der Waals surface area contributed by atoms with E-state index in [0.29, 0.717) is 42.2 Å². The van der Waals surface area contributed by atoms with Gasteiger partial charge in [-0.15, -0.1) is 11.6 Å². The Balaban J connectivity index is 2.67. The number of hydrogen-bond donors (Lipinski definition) is 0. The van der Waals surface area contributed by atoms with Crippen molar-refractivity contribution in [1.82, 2.24) is 4.90 Å². The molecule has 6 heteroatoms. The van der Waals surface area contributed by atoms with Crippen molar-refractivity contribution in [3.63, 3.8) is 0 Å². The summed E-state index contributed by atoms with van der Waals surface area (Å²) in [5, 5.41) is 0. The molecule has 0 unspecified atom stereocenters. The maximum atomic E-state index is 13.0. The first kappa shape index (κ1) is 16.4. The number of carbonyl (C=O) groups is 1. The lowest BCUT2D eigenvalue weighted by Crippen LogP contribution is -2.34. The molecule has 0 N–H and O–H groups in total. The SMILES string of the molecule is CCN(CCOCCCl)C(=O)c1ccc(F)cc1Br. The van der Waals surface area contributed by atoms with E-state index < -0.39 is 0 Å². The fourth-order valence-electron chi connectivity index (χ4n) is 1.57. The zero-order valence-corrected chi connectivity index (χ0v) is 13.0. The summed E-state index contributed by atoms with van der Waals surface area (Å²) in [5.74, 6) is -0.0930. The molecule has 3 nitrogen and oxygen atoms in total. The topological polar surface area (TPSA) is 29.5 Å². The lowest BCUT2D eigenvalue weighted by Gasteiger charge is -2.21. The van der Waals surface area contributed by atoms with E-state index in [1.54, 1.807) is 4.90 Å². The molecule has 19 heavy (non-hydrogen) atoms. The standard InChI is InChI=1S/C13H16BrClFNO2/c1-2-17(6-8-19-7-5-15)13(18)11-4-3-10(16)9-12(11)14/h3-4,9H,2,5-8H2,1H3. The van der Waals surface area contributed by atoms with Crippen LogP contribution in [0.25, 0.3) is 0 Å². The van der Waals surface area contributed by atoms with Crippen molar-refractivity contribution in [2.24, 2.45) is 0 Å². The third-order valence-corrected chi connectivity index (χ3v) is 3.37. The van der Waals surface area contributed by atoms with Crippen molar-refractivity contribution in [1.29, 1.82) is 0 Å². The van der Waals surface area contributed by atoms with Gasteiger partial charge in [0.1, 0.15) is 5.82 Å². The highest BCUT2D eigenvalue weighted by atomic mass is 79.9. The molecule has 0 aliphatic heterocycles. The average Bonchev–Trinajstić information content (AvgIpc) is 2.38. The lowest BCUT2D eigenvalue weighted by atomic mass is 10.2. The molecule has 106 valence electrons. The molecular formula is C13H16BrClFNO2. The molecule has 0 aliphatic carbocycles. The van der Waals surface area contributed by atoms with Crippen LogP contribution in [-0.4, -0.2) is 43.0 Å². The predicted molar refractivity (Wildman–Crippen MR) is 77.2 cm³/mol. The first-order valence-electron chi connectivity index (χ1n) is 5.98. The summed E-state index contributed by atoms with van der Waals surface area (Å²) in [5.41, 5.74) is 0.445. The van der Waals surface area contributed by atoms with Gasteiger partial charge in [-0.25, -0.2) is 4.39 Å². The maximum Gasteiger partial charge on any atom is 0.255 e. The minimum atomic E-state index is -0.378. The molecule has 0 aromatic heterocycles. The van der Waals surface area contributed by atoms with Gasteiger partial charge in [0.15, 0.2) is 0 Å². The number of rotatable bonds is 7. The molecule has 0 atom stereocenters. The lowest BCUT2D eigenvalue weighted by molar-refractivity contribution is 0.0670. The zero-order valence-electron chi connectivity index (χ0n) is 10.7. The molecule has 1 aromatic carbocycles. The number of alkyl halides is 1. The summed E-state index contributed by atoms with van der Waals surface area (Å²) in [7, 11) is 0. The van der Waals surface area contributed by atoms with E-state index in [4.69, 9.17) is 16.3 Å². The van der Waals surface area contributed by atoms with Crippen LogP contribution in [0.2, 0.25) is 0 Å². The fraction of sp³-hybridized carbons (Fsp3) is 0.462. The monoisotopic (exact) mass is 351 g/mol. The van der Waals surface area contributed by atoms with Crippen molar-refractivity contribution in [3.05, 3.63) is 34.1 Å². The average molecular weight is 353 g/mol. The van der Waals surface area contributed by atoms with Crippen LogP contribution in [0.15, 0.2) is 22.7 Å². The second kappa shape index (κ2) is 8.51. The number of benzene rings is 1. The molecule has 0 bridgehead atoms. The quantitative estimate of drug-likeness (QED) is 0.556. The highest BCUT2D eigenvalue weighted by Gasteiger charge is 2.17. The van der Waals surface area contributed by atoms with Gasteiger partial charge in [-0.1, -0.05) is 0 Å². The van der Waals surface area contributed by atoms with Crippen LogP contribution in [-0.2, 0) is 4.74 Å². The summed E-state index contributed by atoms with van der Waals surface area (Å²) in [6.45, 7) is 3.83. The molecule has 0 saturated heterocycles. The number of halogens is 3. The second-order valence-corrected chi connectivity index (χ2v) is 5.04. The maximum absolute atomic E-state index is 13.0. The van der Waals surface area contributed by atoms with Crippen LogP contribution in [0.5, 0.6) is 0 Å². The van der Waals surface area contributed by atoms with E-state index in [1.807, 2.05) is 6.92 Å². The van der Waals surface area contributed by atoms with Crippen molar-refractivity contribution < 1.29 is 13.9 Å². The summed E-state index contributed by atoms with van der Waals surface area (Å²) in [6.07, 6.45) is 0. The minimum absolute atomic E-state index is 0.149. The van der Waals surface area contributed by atoms with Crippen molar-refractivity contribution in [2.45, 2.75) is 6.92 Å². The molecule has 0 spiro atoms. The van der Waals surface area contributed by atoms with E-state index in [1.165, 1.54) is 18.2 Å². The van der Waals surface area contributed by atoms with Gasteiger partial charge in [0.05, 0.1) is 18.8 Å². The van der Waals surface area contributed by atoms with Gasteiger partial charge in [0.2, 0.25) is 0 Å². The second-order valence-electron chi connectivity index (χ2n) is 3.81. The number of nitrogens with zero attached hydrogens (tertiary/aromatic N) is 1. The fourth-order valence-corrected chi connectivity index (χ4v) is 2.20. The van der Waals surface area contributed by atoms with Gasteiger partial charge < -0.3 is 9.64 Å². The highest BCUT2D eigenvalue weighted by Crippen LogP contribution is 2.19. The Morgan fingerprint density at radius 1 is 1.47 bits per heavy atom. The molecule has 0 aliphatic rings. The number of likely N-dealkylation sites (N-methyl/N-ethyl adjacent to an activating group) is 1. The zero-order chi connectivity index (χ0) is 14.3. The van der Waals surface area contributed by atoms with Crippen molar-refractivity contribution in [3.8, 4) is 0 Å². The number of hydrogen-bond acceptors (Lipinski definition) is 2. The first-order chi connectivity index (χ1) is 9.10. The molecule has 0 heterocycles. The van der Waals surface area contributed by atoms with Crippen LogP contribution in [0.1, 0.15) is 17.3 Å². The van der Waals surface area contributed by atoms with Crippen LogP contribution in [0.4, 0.5) is 4.39 Å². The Hall–Kier alpha value is -0.650. The Labute approximate surface area is 125 Å². The Morgan fingerprint density at radius 3 is 2.79 bits per heavy atom.